The molecule has 0 bridgehead atoms. The quantitative estimate of drug-likeness (QED) is 0.804. The van der Waals surface area contributed by atoms with E-state index in [-0.39, 0.29) is 5.75 Å². The number of ether oxygens (including phenoxy) is 1. The molecule has 1 aromatic rings. The highest BCUT2D eigenvalue weighted by atomic mass is 16.5. The minimum absolute atomic E-state index is 0.199. The molecule has 80 valence electrons. The number of nitriles is 1. The van der Waals surface area contributed by atoms with Gasteiger partial charge in [0, 0.05) is 0 Å². The first-order valence-corrected chi connectivity index (χ1v) is 5.11. The van der Waals surface area contributed by atoms with Gasteiger partial charge in [-0.25, -0.2) is 0 Å². The summed E-state index contributed by atoms with van der Waals surface area (Å²) in [5.74, 6) is 0.819. The van der Waals surface area contributed by atoms with Crippen LogP contribution in [0.15, 0.2) is 24.3 Å². The molecule has 3 nitrogen and oxygen atoms in total. The van der Waals surface area contributed by atoms with Crippen molar-refractivity contribution in [2.24, 2.45) is 0 Å². The minimum Gasteiger partial charge on any atom is -0.508 e. The van der Waals surface area contributed by atoms with Crippen molar-refractivity contribution >= 4 is 0 Å². The number of phenolic OH excluding ortho intramolecular Hbond substituents is 1. The molecule has 0 saturated heterocycles. The van der Waals surface area contributed by atoms with E-state index in [4.69, 9.17) is 15.1 Å². The molecule has 0 aliphatic rings. The normalized spacial score (nSPS) is 11.7. The molecule has 0 unspecified atom stereocenters. The van der Waals surface area contributed by atoms with E-state index in [2.05, 4.69) is 13.0 Å². The molecule has 0 saturated carbocycles. The zero-order chi connectivity index (χ0) is 11.1. The van der Waals surface area contributed by atoms with Gasteiger partial charge in [-0.2, -0.15) is 5.26 Å². The van der Waals surface area contributed by atoms with Crippen LogP contribution in [0, 0.1) is 11.3 Å². The predicted molar refractivity (Wildman–Crippen MR) is 57.7 cm³/mol. The largest absolute Gasteiger partial charge is 0.508 e. The van der Waals surface area contributed by atoms with Crippen LogP contribution in [0.4, 0.5) is 0 Å². The van der Waals surface area contributed by atoms with Crippen LogP contribution in [0.25, 0.3) is 0 Å². The maximum atomic E-state index is 9.07. The van der Waals surface area contributed by atoms with E-state index in [0.29, 0.717) is 5.75 Å². The van der Waals surface area contributed by atoms with Crippen LogP contribution in [0.2, 0.25) is 0 Å². The molecular weight excluding hydrogens is 190 g/mol. The fraction of sp³-hybridized carbons (Fsp3) is 0.417. The second-order valence-corrected chi connectivity index (χ2v) is 3.37. The Kier molecular flexibility index (Phi) is 4.49. The van der Waals surface area contributed by atoms with Crippen LogP contribution in [-0.2, 0) is 0 Å². The average Bonchev–Trinajstić information content (AvgIpc) is 2.27. The Hall–Kier alpha value is -1.69. The molecule has 15 heavy (non-hydrogen) atoms. The molecule has 0 heterocycles. The zero-order valence-corrected chi connectivity index (χ0v) is 8.81. The lowest BCUT2D eigenvalue weighted by atomic mass is 10.2. The van der Waals surface area contributed by atoms with Gasteiger partial charge in [0.25, 0.3) is 0 Å². The van der Waals surface area contributed by atoms with Crippen molar-refractivity contribution in [1.29, 1.82) is 5.26 Å². The summed E-state index contributed by atoms with van der Waals surface area (Å²) in [5, 5.41) is 17.9. The van der Waals surface area contributed by atoms with Crippen LogP contribution in [-0.4, -0.2) is 11.2 Å². The monoisotopic (exact) mass is 205 g/mol. The number of aromatic hydroxyl groups is 1. The standard InChI is InChI=1S/C12H15NO2/c1-2-3-4-12(9-13)15-11-7-5-10(14)6-8-11/h5-8,12,14H,2-4H2,1H3/t12-/m1/s1. The lowest BCUT2D eigenvalue weighted by molar-refractivity contribution is 0.241. The van der Waals surface area contributed by atoms with Gasteiger partial charge in [-0.3, -0.25) is 0 Å². The van der Waals surface area contributed by atoms with Gasteiger partial charge in [0.15, 0.2) is 6.10 Å². The molecule has 0 aromatic heterocycles. The van der Waals surface area contributed by atoms with Crippen LogP contribution in [0.1, 0.15) is 26.2 Å². The summed E-state index contributed by atoms with van der Waals surface area (Å²) >= 11 is 0. The number of phenols is 1. The molecule has 3 heteroatoms. The fourth-order valence-corrected chi connectivity index (χ4v) is 1.23. The van der Waals surface area contributed by atoms with E-state index in [0.717, 1.165) is 19.3 Å². The third-order valence-corrected chi connectivity index (χ3v) is 2.08. The molecule has 0 amide bonds. The topological polar surface area (TPSA) is 53.2 Å². The number of rotatable bonds is 5. The molecule has 1 aromatic carbocycles. The Labute approximate surface area is 89.9 Å². The molecule has 1 atom stereocenters. The second-order valence-electron chi connectivity index (χ2n) is 3.37. The first kappa shape index (κ1) is 11.4. The van der Waals surface area contributed by atoms with Gasteiger partial charge < -0.3 is 9.84 Å². The van der Waals surface area contributed by atoms with E-state index in [1.54, 1.807) is 24.3 Å². The van der Waals surface area contributed by atoms with Gasteiger partial charge in [0.2, 0.25) is 0 Å². The average molecular weight is 205 g/mol. The van der Waals surface area contributed by atoms with Crippen molar-refractivity contribution in [3.05, 3.63) is 24.3 Å². The van der Waals surface area contributed by atoms with Gasteiger partial charge >= 0.3 is 0 Å². The van der Waals surface area contributed by atoms with Crippen molar-refractivity contribution in [2.75, 3.05) is 0 Å². The smallest absolute Gasteiger partial charge is 0.184 e. The maximum Gasteiger partial charge on any atom is 0.184 e. The first-order valence-electron chi connectivity index (χ1n) is 5.11. The van der Waals surface area contributed by atoms with Crippen LogP contribution < -0.4 is 4.74 Å². The first-order chi connectivity index (χ1) is 7.26. The second kappa shape index (κ2) is 5.92. The Bertz CT molecular complexity index is 326. The van der Waals surface area contributed by atoms with Gasteiger partial charge in [0.1, 0.15) is 17.6 Å². The van der Waals surface area contributed by atoms with Crippen molar-refractivity contribution in [2.45, 2.75) is 32.3 Å². The fourth-order valence-electron chi connectivity index (χ4n) is 1.23. The Morgan fingerprint density at radius 1 is 1.40 bits per heavy atom. The molecule has 0 aliphatic heterocycles. The number of nitrogens with zero attached hydrogens (tertiary/aromatic N) is 1. The number of unbranched alkanes of at least 4 members (excludes halogenated alkanes) is 1. The highest BCUT2D eigenvalue weighted by Gasteiger charge is 2.07. The van der Waals surface area contributed by atoms with Crippen LogP contribution in [0.3, 0.4) is 0 Å². The number of hydrogen-bond acceptors (Lipinski definition) is 3. The molecule has 1 N–H and O–H groups in total. The van der Waals surface area contributed by atoms with E-state index < -0.39 is 6.10 Å². The zero-order valence-electron chi connectivity index (χ0n) is 8.81. The maximum absolute atomic E-state index is 9.07. The SMILES string of the molecule is CCCC[C@H](C#N)Oc1ccc(O)cc1. The van der Waals surface area contributed by atoms with E-state index >= 15 is 0 Å². The van der Waals surface area contributed by atoms with Crippen LogP contribution in [0.5, 0.6) is 11.5 Å². The summed E-state index contributed by atoms with van der Waals surface area (Å²) < 4.78 is 5.45. The van der Waals surface area contributed by atoms with Crippen LogP contribution >= 0.6 is 0 Å². The molecule has 0 radical (unpaired) electrons. The highest BCUT2D eigenvalue weighted by molar-refractivity contribution is 5.30. The summed E-state index contributed by atoms with van der Waals surface area (Å²) in [4.78, 5) is 0. The highest BCUT2D eigenvalue weighted by Crippen LogP contribution is 2.18. The van der Waals surface area contributed by atoms with Gasteiger partial charge in [-0.15, -0.1) is 0 Å². The van der Waals surface area contributed by atoms with Gasteiger partial charge in [-0.1, -0.05) is 13.3 Å². The Morgan fingerprint density at radius 3 is 2.60 bits per heavy atom. The molecule has 0 aliphatic carbocycles. The molecule has 0 fully saturated rings. The van der Waals surface area contributed by atoms with Gasteiger partial charge in [0.05, 0.1) is 0 Å². The summed E-state index contributed by atoms with van der Waals surface area (Å²) in [5.41, 5.74) is 0. The number of benzene rings is 1. The van der Waals surface area contributed by atoms with E-state index in [9.17, 15) is 0 Å². The summed E-state index contributed by atoms with van der Waals surface area (Å²) in [6.45, 7) is 2.08. The molecular formula is C12H15NO2. The Morgan fingerprint density at radius 2 is 2.07 bits per heavy atom. The molecule has 0 spiro atoms. The van der Waals surface area contributed by atoms with Crippen molar-refractivity contribution in [3.8, 4) is 17.6 Å². The van der Waals surface area contributed by atoms with Crippen molar-refractivity contribution in [1.82, 2.24) is 0 Å². The van der Waals surface area contributed by atoms with Crippen molar-refractivity contribution < 1.29 is 9.84 Å². The number of hydrogen-bond donors (Lipinski definition) is 1. The summed E-state index contributed by atoms with van der Waals surface area (Å²) in [6, 6.07) is 8.52. The molecule has 1 rings (SSSR count). The third kappa shape index (κ3) is 3.90. The summed E-state index contributed by atoms with van der Waals surface area (Å²) in [6.07, 6.45) is 2.39. The predicted octanol–water partition coefficient (Wildman–Crippen LogP) is 2.85. The lowest BCUT2D eigenvalue weighted by Crippen LogP contribution is -2.13. The summed E-state index contributed by atoms with van der Waals surface area (Å²) in [7, 11) is 0. The van der Waals surface area contributed by atoms with E-state index in [1.165, 1.54) is 0 Å². The Balaban J connectivity index is 2.52. The minimum atomic E-state index is -0.394. The lowest BCUT2D eigenvalue weighted by Gasteiger charge is -2.11. The van der Waals surface area contributed by atoms with Gasteiger partial charge in [-0.05, 0) is 37.1 Å². The third-order valence-electron chi connectivity index (χ3n) is 2.08. The van der Waals surface area contributed by atoms with E-state index in [1.807, 2.05) is 0 Å². The van der Waals surface area contributed by atoms with Crippen molar-refractivity contribution in [3.63, 3.8) is 0 Å².